The van der Waals surface area contributed by atoms with Gasteiger partial charge in [-0.1, -0.05) is 12.5 Å². The monoisotopic (exact) mass is 244 g/mol. The maximum absolute atomic E-state index is 3.64. The van der Waals surface area contributed by atoms with Gasteiger partial charge in [-0.25, -0.2) is 0 Å². The molecule has 0 amide bonds. The number of fused-ring (bicyclic) bond motifs is 2. The molecule has 3 unspecified atom stereocenters. The summed E-state index contributed by atoms with van der Waals surface area (Å²) in [5.41, 5.74) is 2.54. The topological polar surface area (TPSA) is 15.3 Å². The first-order valence-electron chi connectivity index (χ1n) is 7.23. The van der Waals surface area contributed by atoms with Gasteiger partial charge in [0.05, 0.1) is 0 Å². The Kier molecular flexibility index (Phi) is 3.19. The normalized spacial score (nSPS) is 29.6. The molecule has 3 rings (SSSR count). The van der Waals surface area contributed by atoms with Crippen molar-refractivity contribution in [1.29, 1.82) is 0 Å². The number of rotatable bonds is 4. The molecule has 2 saturated carbocycles. The number of nitrogens with zero attached hydrogens (tertiary/aromatic N) is 1. The Hall–Kier alpha value is -1.18. The van der Waals surface area contributed by atoms with Crippen molar-refractivity contribution in [3.63, 3.8) is 0 Å². The van der Waals surface area contributed by atoms with Crippen molar-refractivity contribution in [2.45, 2.75) is 25.7 Å². The van der Waals surface area contributed by atoms with Crippen LogP contribution < -0.4 is 10.2 Å². The molecule has 1 aromatic carbocycles. The fourth-order valence-corrected chi connectivity index (χ4v) is 3.77. The zero-order valence-electron chi connectivity index (χ0n) is 11.5. The Labute approximate surface area is 110 Å². The van der Waals surface area contributed by atoms with Crippen molar-refractivity contribution in [3.8, 4) is 0 Å². The standard InChI is InChI=1S/C16H24N2/c1-18(2)16-5-3-4-15(10-16)17-11-14-9-12-6-7-13(14)8-12/h3-5,10,12-14,17H,6-9,11H2,1-2H3. The van der Waals surface area contributed by atoms with E-state index in [-0.39, 0.29) is 0 Å². The van der Waals surface area contributed by atoms with Gasteiger partial charge in [-0.2, -0.15) is 0 Å². The van der Waals surface area contributed by atoms with E-state index >= 15 is 0 Å². The van der Waals surface area contributed by atoms with E-state index in [1.165, 1.54) is 37.1 Å². The highest BCUT2D eigenvalue weighted by Crippen LogP contribution is 2.48. The van der Waals surface area contributed by atoms with E-state index < -0.39 is 0 Å². The summed E-state index contributed by atoms with van der Waals surface area (Å²) in [6, 6.07) is 8.72. The lowest BCUT2D eigenvalue weighted by Crippen LogP contribution is -2.20. The Balaban J connectivity index is 1.58. The van der Waals surface area contributed by atoms with Gasteiger partial charge >= 0.3 is 0 Å². The lowest BCUT2D eigenvalue weighted by molar-refractivity contribution is 0.348. The first kappa shape index (κ1) is 11.9. The van der Waals surface area contributed by atoms with Crippen LogP contribution in [0.1, 0.15) is 25.7 Å². The van der Waals surface area contributed by atoms with E-state index in [0.29, 0.717) is 0 Å². The largest absolute Gasteiger partial charge is 0.385 e. The van der Waals surface area contributed by atoms with Crippen LogP contribution in [0.15, 0.2) is 24.3 Å². The Bertz CT molecular complexity index is 413. The molecule has 0 spiro atoms. The average molecular weight is 244 g/mol. The third kappa shape index (κ3) is 2.33. The maximum Gasteiger partial charge on any atom is 0.0381 e. The van der Waals surface area contributed by atoms with Crippen LogP contribution in [0, 0.1) is 17.8 Å². The Morgan fingerprint density at radius 3 is 2.78 bits per heavy atom. The molecule has 0 saturated heterocycles. The van der Waals surface area contributed by atoms with E-state index in [1.807, 2.05) is 0 Å². The highest BCUT2D eigenvalue weighted by Gasteiger charge is 2.38. The molecule has 2 aliphatic rings. The molecule has 3 atom stereocenters. The molecular formula is C16H24N2. The van der Waals surface area contributed by atoms with Gasteiger partial charge in [0, 0.05) is 32.0 Å². The molecule has 0 aromatic heterocycles. The Morgan fingerprint density at radius 2 is 2.11 bits per heavy atom. The molecule has 0 radical (unpaired) electrons. The van der Waals surface area contributed by atoms with Crippen LogP contribution in [0.25, 0.3) is 0 Å². The summed E-state index contributed by atoms with van der Waals surface area (Å²) >= 11 is 0. The molecule has 18 heavy (non-hydrogen) atoms. The van der Waals surface area contributed by atoms with Crippen molar-refractivity contribution in [1.82, 2.24) is 0 Å². The molecule has 98 valence electrons. The smallest absolute Gasteiger partial charge is 0.0381 e. The average Bonchev–Trinajstić information content (AvgIpc) is 2.99. The van der Waals surface area contributed by atoms with Crippen molar-refractivity contribution in [3.05, 3.63) is 24.3 Å². The fourth-order valence-electron chi connectivity index (χ4n) is 3.77. The molecule has 2 heteroatoms. The molecule has 2 bridgehead atoms. The predicted molar refractivity (Wildman–Crippen MR) is 78.2 cm³/mol. The summed E-state index contributed by atoms with van der Waals surface area (Å²) < 4.78 is 0. The van der Waals surface area contributed by atoms with Gasteiger partial charge in [0.25, 0.3) is 0 Å². The number of benzene rings is 1. The van der Waals surface area contributed by atoms with E-state index in [0.717, 1.165) is 24.3 Å². The first-order chi connectivity index (χ1) is 8.72. The number of hydrogen-bond donors (Lipinski definition) is 1. The van der Waals surface area contributed by atoms with Crippen LogP contribution in [0.4, 0.5) is 11.4 Å². The lowest BCUT2D eigenvalue weighted by atomic mass is 9.89. The van der Waals surface area contributed by atoms with Crippen LogP contribution in [-0.4, -0.2) is 20.6 Å². The quantitative estimate of drug-likeness (QED) is 0.870. The lowest BCUT2D eigenvalue weighted by Gasteiger charge is -2.23. The predicted octanol–water partition coefficient (Wildman–Crippen LogP) is 3.60. The molecule has 0 aliphatic heterocycles. The van der Waals surface area contributed by atoms with Gasteiger partial charge in [-0.15, -0.1) is 0 Å². The van der Waals surface area contributed by atoms with Crippen LogP contribution in [0.5, 0.6) is 0 Å². The van der Waals surface area contributed by atoms with E-state index in [9.17, 15) is 0 Å². The first-order valence-corrected chi connectivity index (χ1v) is 7.23. The van der Waals surface area contributed by atoms with Crippen LogP contribution in [-0.2, 0) is 0 Å². The van der Waals surface area contributed by atoms with E-state index in [2.05, 4.69) is 48.6 Å². The molecule has 2 nitrogen and oxygen atoms in total. The van der Waals surface area contributed by atoms with Gasteiger partial charge < -0.3 is 10.2 Å². The van der Waals surface area contributed by atoms with Gasteiger partial charge in [-0.3, -0.25) is 0 Å². The highest BCUT2D eigenvalue weighted by molar-refractivity contribution is 5.57. The van der Waals surface area contributed by atoms with E-state index in [4.69, 9.17) is 0 Å². The second-order valence-electron chi connectivity index (χ2n) is 6.26. The van der Waals surface area contributed by atoms with Gasteiger partial charge in [0.2, 0.25) is 0 Å². The number of nitrogens with one attached hydrogen (secondary N) is 1. The summed E-state index contributed by atoms with van der Waals surface area (Å²) in [5.74, 6) is 2.99. The van der Waals surface area contributed by atoms with Gasteiger partial charge in [0.15, 0.2) is 0 Å². The van der Waals surface area contributed by atoms with Crippen molar-refractivity contribution >= 4 is 11.4 Å². The summed E-state index contributed by atoms with van der Waals surface area (Å²) in [6.07, 6.45) is 5.95. The number of anilines is 2. The molecule has 2 aliphatic carbocycles. The summed E-state index contributed by atoms with van der Waals surface area (Å²) in [7, 11) is 4.18. The van der Waals surface area contributed by atoms with Gasteiger partial charge in [0.1, 0.15) is 0 Å². The van der Waals surface area contributed by atoms with Crippen molar-refractivity contribution < 1.29 is 0 Å². The number of hydrogen-bond acceptors (Lipinski definition) is 2. The zero-order valence-corrected chi connectivity index (χ0v) is 11.5. The fraction of sp³-hybridized carbons (Fsp3) is 0.625. The zero-order chi connectivity index (χ0) is 12.5. The van der Waals surface area contributed by atoms with Crippen molar-refractivity contribution in [2.24, 2.45) is 17.8 Å². The second kappa shape index (κ2) is 4.83. The van der Waals surface area contributed by atoms with Crippen LogP contribution >= 0.6 is 0 Å². The summed E-state index contributed by atoms with van der Waals surface area (Å²) in [6.45, 7) is 1.16. The van der Waals surface area contributed by atoms with Crippen LogP contribution in [0.2, 0.25) is 0 Å². The molecule has 1 N–H and O–H groups in total. The van der Waals surface area contributed by atoms with Gasteiger partial charge in [-0.05, 0) is 55.2 Å². The maximum atomic E-state index is 3.64. The van der Waals surface area contributed by atoms with E-state index in [1.54, 1.807) is 0 Å². The highest BCUT2D eigenvalue weighted by atomic mass is 15.1. The molecule has 2 fully saturated rings. The Morgan fingerprint density at radius 1 is 1.22 bits per heavy atom. The van der Waals surface area contributed by atoms with Crippen molar-refractivity contribution in [2.75, 3.05) is 30.9 Å². The molecule has 0 heterocycles. The molecular weight excluding hydrogens is 220 g/mol. The summed E-state index contributed by atoms with van der Waals surface area (Å²) in [4.78, 5) is 2.16. The third-order valence-electron chi connectivity index (χ3n) is 4.82. The minimum absolute atomic E-state index is 0.923. The van der Waals surface area contributed by atoms with Crippen LogP contribution in [0.3, 0.4) is 0 Å². The third-order valence-corrected chi connectivity index (χ3v) is 4.82. The second-order valence-corrected chi connectivity index (χ2v) is 6.26. The summed E-state index contributed by atoms with van der Waals surface area (Å²) in [5, 5.41) is 3.64. The minimum Gasteiger partial charge on any atom is -0.385 e. The molecule has 1 aromatic rings. The minimum atomic E-state index is 0.923. The SMILES string of the molecule is CN(C)c1cccc(NCC2CC3CCC2C3)c1.